The van der Waals surface area contributed by atoms with Crippen LogP contribution in [-0.2, 0) is 6.54 Å². The monoisotopic (exact) mass is 399 g/mol. The SMILES string of the molecule is CCNC(=NCc1ccc(N(C)C)cc1C)NC1CCN(C2CCCCC2)CC1. The van der Waals surface area contributed by atoms with Gasteiger partial charge in [-0.3, -0.25) is 0 Å². The van der Waals surface area contributed by atoms with Crippen molar-refractivity contribution < 1.29 is 0 Å². The second kappa shape index (κ2) is 10.9. The summed E-state index contributed by atoms with van der Waals surface area (Å²) in [5.74, 6) is 0.958. The highest BCUT2D eigenvalue weighted by atomic mass is 15.2. The van der Waals surface area contributed by atoms with Crippen molar-refractivity contribution in [1.29, 1.82) is 0 Å². The summed E-state index contributed by atoms with van der Waals surface area (Å²) in [7, 11) is 4.17. The Hall–Kier alpha value is -1.75. The number of likely N-dealkylation sites (tertiary alicyclic amines) is 1. The molecular weight excluding hydrogens is 358 g/mol. The quantitative estimate of drug-likeness (QED) is 0.562. The Balaban J connectivity index is 1.53. The van der Waals surface area contributed by atoms with Gasteiger partial charge in [-0.1, -0.05) is 25.3 Å². The van der Waals surface area contributed by atoms with E-state index in [2.05, 4.69) is 66.6 Å². The average molecular weight is 400 g/mol. The number of hydrogen-bond acceptors (Lipinski definition) is 3. The first kappa shape index (κ1) is 21.9. The van der Waals surface area contributed by atoms with Gasteiger partial charge in [0.2, 0.25) is 0 Å². The highest BCUT2D eigenvalue weighted by molar-refractivity contribution is 5.80. The summed E-state index contributed by atoms with van der Waals surface area (Å²) in [5.41, 5.74) is 3.83. The Bertz CT molecular complexity index is 655. The van der Waals surface area contributed by atoms with Crippen LogP contribution in [0.1, 0.15) is 63.0 Å². The Morgan fingerprint density at radius 2 is 1.83 bits per heavy atom. The number of hydrogen-bond donors (Lipinski definition) is 2. The first-order valence-electron chi connectivity index (χ1n) is 11.6. The van der Waals surface area contributed by atoms with Crippen LogP contribution in [0.3, 0.4) is 0 Å². The number of anilines is 1. The lowest BCUT2D eigenvalue weighted by molar-refractivity contribution is 0.119. The molecule has 5 heteroatoms. The third-order valence-corrected chi connectivity index (χ3v) is 6.56. The number of benzene rings is 1. The second-order valence-corrected chi connectivity index (χ2v) is 8.95. The number of piperidine rings is 1. The van der Waals surface area contributed by atoms with Crippen LogP contribution in [0.15, 0.2) is 23.2 Å². The van der Waals surface area contributed by atoms with E-state index in [0.717, 1.165) is 25.1 Å². The van der Waals surface area contributed by atoms with E-state index in [1.165, 1.54) is 74.8 Å². The smallest absolute Gasteiger partial charge is 0.191 e. The Kier molecular flexibility index (Phi) is 8.22. The van der Waals surface area contributed by atoms with E-state index in [1.54, 1.807) is 0 Å². The molecule has 5 nitrogen and oxygen atoms in total. The maximum absolute atomic E-state index is 4.89. The summed E-state index contributed by atoms with van der Waals surface area (Å²) in [6.07, 6.45) is 9.55. The fourth-order valence-electron chi connectivity index (χ4n) is 4.67. The highest BCUT2D eigenvalue weighted by Gasteiger charge is 2.26. The molecule has 0 atom stereocenters. The van der Waals surface area contributed by atoms with Crippen molar-refractivity contribution in [2.45, 2.75) is 77.4 Å². The van der Waals surface area contributed by atoms with Gasteiger partial charge in [0, 0.05) is 51.5 Å². The number of aryl methyl sites for hydroxylation is 1. The maximum Gasteiger partial charge on any atom is 0.191 e. The van der Waals surface area contributed by atoms with Gasteiger partial charge in [0.15, 0.2) is 5.96 Å². The lowest BCUT2D eigenvalue weighted by atomic mass is 9.92. The molecule has 0 spiro atoms. The minimum absolute atomic E-state index is 0.532. The third kappa shape index (κ3) is 6.36. The summed E-state index contributed by atoms with van der Waals surface area (Å²) in [6.45, 7) is 8.39. The van der Waals surface area contributed by atoms with Crippen LogP contribution < -0.4 is 15.5 Å². The molecule has 1 heterocycles. The van der Waals surface area contributed by atoms with E-state index in [9.17, 15) is 0 Å². The van der Waals surface area contributed by atoms with Crippen molar-refractivity contribution in [3.8, 4) is 0 Å². The number of aliphatic imine (C=N–C) groups is 1. The van der Waals surface area contributed by atoms with Gasteiger partial charge in [-0.2, -0.15) is 0 Å². The summed E-state index contributed by atoms with van der Waals surface area (Å²) < 4.78 is 0. The van der Waals surface area contributed by atoms with E-state index in [1.807, 2.05) is 0 Å². The molecule has 2 fully saturated rings. The number of guanidine groups is 1. The first-order chi connectivity index (χ1) is 14.1. The lowest BCUT2D eigenvalue weighted by Crippen LogP contribution is -2.50. The zero-order valence-corrected chi connectivity index (χ0v) is 19.0. The number of nitrogens with zero attached hydrogens (tertiary/aromatic N) is 3. The predicted octanol–water partition coefficient (Wildman–Crippen LogP) is 3.91. The Labute approximate surface area is 178 Å². The molecule has 1 aromatic carbocycles. The van der Waals surface area contributed by atoms with Gasteiger partial charge in [0.1, 0.15) is 0 Å². The van der Waals surface area contributed by atoms with Crippen LogP contribution in [0.25, 0.3) is 0 Å². The van der Waals surface area contributed by atoms with Crippen LogP contribution in [0.4, 0.5) is 5.69 Å². The Morgan fingerprint density at radius 1 is 1.10 bits per heavy atom. The molecule has 162 valence electrons. The van der Waals surface area contributed by atoms with Crippen molar-refractivity contribution in [3.05, 3.63) is 29.3 Å². The van der Waals surface area contributed by atoms with E-state index in [-0.39, 0.29) is 0 Å². The summed E-state index contributed by atoms with van der Waals surface area (Å²) in [6, 6.07) is 8.01. The molecule has 1 aromatic rings. The van der Waals surface area contributed by atoms with Crippen LogP contribution in [0, 0.1) is 6.92 Å². The van der Waals surface area contributed by atoms with Crippen molar-refractivity contribution in [2.75, 3.05) is 38.6 Å². The second-order valence-electron chi connectivity index (χ2n) is 8.95. The van der Waals surface area contributed by atoms with Crippen LogP contribution in [0.5, 0.6) is 0 Å². The molecule has 0 aromatic heterocycles. The molecular formula is C24H41N5. The van der Waals surface area contributed by atoms with Gasteiger partial charge in [-0.15, -0.1) is 0 Å². The zero-order valence-electron chi connectivity index (χ0n) is 19.0. The van der Waals surface area contributed by atoms with Crippen LogP contribution in [0.2, 0.25) is 0 Å². The molecule has 1 saturated heterocycles. The lowest BCUT2D eigenvalue weighted by Gasteiger charge is -2.39. The van der Waals surface area contributed by atoms with Gasteiger partial charge in [-0.05, 0) is 62.8 Å². The molecule has 29 heavy (non-hydrogen) atoms. The molecule has 0 unspecified atom stereocenters. The summed E-state index contributed by atoms with van der Waals surface area (Å²) >= 11 is 0. The zero-order chi connectivity index (χ0) is 20.6. The van der Waals surface area contributed by atoms with Crippen molar-refractivity contribution in [1.82, 2.24) is 15.5 Å². The molecule has 0 amide bonds. The van der Waals surface area contributed by atoms with Gasteiger partial charge in [0.05, 0.1) is 6.54 Å². The van der Waals surface area contributed by atoms with Crippen molar-refractivity contribution in [3.63, 3.8) is 0 Å². The van der Waals surface area contributed by atoms with Crippen molar-refractivity contribution in [2.24, 2.45) is 4.99 Å². The molecule has 0 bridgehead atoms. The number of nitrogens with one attached hydrogen (secondary N) is 2. The van der Waals surface area contributed by atoms with Crippen LogP contribution >= 0.6 is 0 Å². The fourth-order valence-corrected chi connectivity index (χ4v) is 4.67. The van der Waals surface area contributed by atoms with Gasteiger partial charge >= 0.3 is 0 Å². The van der Waals surface area contributed by atoms with E-state index >= 15 is 0 Å². The molecule has 2 N–H and O–H groups in total. The molecule has 0 radical (unpaired) electrons. The van der Waals surface area contributed by atoms with E-state index in [0.29, 0.717) is 6.04 Å². The predicted molar refractivity (Wildman–Crippen MR) is 125 cm³/mol. The molecule has 1 saturated carbocycles. The fraction of sp³-hybridized carbons (Fsp3) is 0.708. The van der Waals surface area contributed by atoms with Gasteiger partial charge < -0.3 is 20.4 Å². The van der Waals surface area contributed by atoms with Crippen LogP contribution in [-0.4, -0.2) is 56.7 Å². The summed E-state index contributed by atoms with van der Waals surface area (Å²) in [4.78, 5) is 9.78. The van der Waals surface area contributed by atoms with E-state index in [4.69, 9.17) is 4.99 Å². The largest absolute Gasteiger partial charge is 0.378 e. The normalized spacial score (nSPS) is 19.9. The molecule has 1 aliphatic carbocycles. The van der Waals surface area contributed by atoms with Gasteiger partial charge in [-0.25, -0.2) is 4.99 Å². The standard InChI is InChI=1S/C24H41N5/c1-5-25-24(26-18-20-11-12-23(28(3)4)17-19(20)2)27-21-13-15-29(16-14-21)22-9-7-6-8-10-22/h11-12,17,21-22H,5-10,13-16,18H2,1-4H3,(H2,25,26,27). The topological polar surface area (TPSA) is 42.9 Å². The Morgan fingerprint density at radius 3 is 2.45 bits per heavy atom. The molecule has 3 rings (SSSR count). The van der Waals surface area contributed by atoms with Gasteiger partial charge in [0.25, 0.3) is 0 Å². The minimum Gasteiger partial charge on any atom is -0.378 e. The minimum atomic E-state index is 0.532. The summed E-state index contributed by atoms with van der Waals surface area (Å²) in [5, 5.41) is 7.14. The first-order valence-corrected chi connectivity index (χ1v) is 11.6. The maximum atomic E-state index is 4.89. The van der Waals surface area contributed by atoms with E-state index < -0.39 is 0 Å². The molecule has 2 aliphatic rings. The third-order valence-electron chi connectivity index (χ3n) is 6.56. The molecule has 1 aliphatic heterocycles. The highest BCUT2D eigenvalue weighted by Crippen LogP contribution is 2.25. The average Bonchev–Trinajstić information content (AvgIpc) is 2.74. The number of rotatable bonds is 6. The van der Waals surface area contributed by atoms with Crippen molar-refractivity contribution >= 4 is 11.6 Å².